The van der Waals surface area contributed by atoms with Crippen molar-refractivity contribution in [2.24, 2.45) is 0 Å². The zero-order valence-electron chi connectivity index (χ0n) is 11.5. The Hall–Kier alpha value is -0.900. The number of hydrogen-bond donors (Lipinski definition) is 2. The van der Waals surface area contributed by atoms with Gasteiger partial charge in [-0.3, -0.25) is 0 Å². The quantitative estimate of drug-likeness (QED) is 0.858. The average molecular weight is 249 g/mol. The molecule has 2 unspecified atom stereocenters. The molecule has 0 radical (unpaired) electrons. The molecule has 1 aromatic carbocycles. The van der Waals surface area contributed by atoms with Crippen molar-refractivity contribution in [3.05, 3.63) is 34.9 Å². The minimum atomic E-state index is -0.687. The molecule has 1 aliphatic rings. The summed E-state index contributed by atoms with van der Waals surface area (Å²) in [5.74, 6) is 0. The van der Waals surface area contributed by atoms with Gasteiger partial charge in [-0.1, -0.05) is 18.2 Å². The topological polar surface area (TPSA) is 41.5 Å². The number of aliphatic hydroxyl groups is 1. The van der Waals surface area contributed by atoms with Gasteiger partial charge in [0.05, 0.1) is 6.61 Å². The summed E-state index contributed by atoms with van der Waals surface area (Å²) in [5, 5.41) is 13.6. The number of nitrogens with one attached hydrogen (secondary N) is 1. The van der Waals surface area contributed by atoms with Crippen molar-refractivity contribution in [2.45, 2.75) is 38.8 Å². The Morgan fingerprint density at radius 1 is 1.39 bits per heavy atom. The van der Waals surface area contributed by atoms with Gasteiger partial charge in [-0.2, -0.15) is 0 Å². The number of ether oxygens (including phenoxy) is 1. The second-order valence-corrected chi connectivity index (χ2v) is 5.47. The monoisotopic (exact) mass is 249 g/mol. The lowest BCUT2D eigenvalue weighted by Gasteiger charge is -2.24. The molecule has 1 aliphatic heterocycles. The van der Waals surface area contributed by atoms with Crippen LogP contribution in [-0.4, -0.2) is 30.5 Å². The molecule has 0 spiro atoms. The van der Waals surface area contributed by atoms with Crippen molar-refractivity contribution >= 4 is 0 Å². The molecule has 0 aromatic heterocycles. The third-order valence-corrected chi connectivity index (χ3v) is 3.85. The Morgan fingerprint density at radius 2 is 2.17 bits per heavy atom. The van der Waals surface area contributed by atoms with Crippen LogP contribution < -0.4 is 5.32 Å². The zero-order valence-corrected chi connectivity index (χ0v) is 11.5. The Morgan fingerprint density at radius 3 is 2.78 bits per heavy atom. The standard InChI is InChI=1S/C15H23NO2/c1-11-4-5-14(8-12(11)2)13(3)16-9-15(17)6-7-18-10-15/h4-5,8,13,16-17H,6-7,9-10H2,1-3H3. The fraction of sp³-hybridized carbons (Fsp3) is 0.600. The molecule has 100 valence electrons. The van der Waals surface area contributed by atoms with Crippen LogP contribution in [0.1, 0.15) is 36.1 Å². The average Bonchev–Trinajstić information content (AvgIpc) is 2.77. The third kappa shape index (κ3) is 3.10. The van der Waals surface area contributed by atoms with Crippen LogP contribution in [0.4, 0.5) is 0 Å². The normalized spacial score (nSPS) is 25.3. The van der Waals surface area contributed by atoms with Gasteiger partial charge in [0.2, 0.25) is 0 Å². The highest BCUT2D eigenvalue weighted by Gasteiger charge is 2.32. The van der Waals surface area contributed by atoms with Crippen LogP contribution >= 0.6 is 0 Å². The molecule has 1 heterocycles. The van der Waals surface area contributed by atoms with Gasteiger partial charge in [0.1, 0.15) is 5.60 Å². The molecule has 2 atom stereocenters. The van der Waals surface area contributed by atoms with Gasteiger partial charge in [-0.15, -0.1) is 0 Å². The molecule has 0 aliphatic carbocycles. The van der Waals surface area contributed by atoms with Gasteiger partial charge in [0.25, 0.3) is 0 Å². The second-order valence-electron chi connectivity index (χ2n) is 5.47. The van der Waals surface area contributed by atoms with E-state index < -0.39 is 5.60 Å². The van der Waals surface area contributed by atoms with Crippen molar-refractivity contribution in [1.29, 1.82) is 0 Å². The summed E-state index contributed by atoms with van der Waals surface area (Å²) in [4.78, 5) is 0. The first-order valence-corrected chi connectivity index (χ1v) is 6.61. The zero-order chi connectivity index (χ0) is 13.2. The summed E-state index contributed by atoms with van der Waals surface area (Å²) < 4.78 is 5.24. The van der Waals surface area contributed by atoms with E-state index in [1.54, 1.807) is 0 Å². The van der Waals surface area contributed by atoms with E-state index in [-0.39, 0.29) is 6.04 Å². The third-order valence-electron chi connectivity index (χ3n) is 3.85. The summed E-state index contributed by atoms with van der Waals surface area (Å²) in [6.07, 6.45) is 0.722. The molecule has 2 rings (SSSR count). The predicted molar refractivity (Wildman–Crippen MR) is 72.7 cm³/mol. The summed E-state index contributed by atoms with van der Waals surface area (Å²) in [6.45, 7) is 8.07. The SMILES string of the molecule is Cc1ccc(C(C)NCC2(O)CCOC2)cc1C. The Bertz CT molecular complexity index is 411. The molecule has 0 saturated carbocycles. The van der Waals surface area contributed by atoms with Gasteiger partial charge in [-0.25, -0.2) is 0 Å². The van der Waals surface area contributed by atoms with Crippen LogP contribution in [-0.2, 0) is 4.74 Å². The van der Waals surface area contributed by atoms with Crippen LogP contribution in [0.5, 0.6) is 0 Å². The first kappa shape index (κ1) is 13.5. The van der Waals surface area contributed by atoms with E-state index in [2.05, 4.69) is 44.3 Å². The molecule has 1 aromatic rings. The van der Waals surface area contributed by atoms with Crippen LogP contribution in [0.2, 0.25) is 0 Å². The fourth-order valence-electron chi connectivity index (χ4n) is 2.23. The lowest BCUT2D eigenvalue weighted by atomic mass is 10.00. The Kier molecular flexibility index (Phi) is 4.05. The number of rotatable bonds is 4. The Labute approximate surface area is 109 Å². The largest absolute Gasteiger partial charge is 0.386 e. The van der Waals surface area contributed by atoms with Crippen LogP contribution in [0, 0.1) is 13.8 Å². The first-order valence-electron chi connectivity index (χ1n) is 6.61. The van der Waals surface area contributed by atoms with E-state index >= 15 is 0 Å². The maximum Gasteiger partial charge on any atom is 0.103 e. The molecular formula is C15H23NO2. The van der Waals surface area contributed by atoms with Crippen molar-refractivity contribution in [3.8, 4) is 0 Å². The molecule has 3 nitrogen and oxygen atoms in total. The minimum absolute atomic E-state index is 0.244. The molecule has 2 N–H and O–H groups in total. The van der Waals surface area contributed by atoms with E-state index in [0.717, 1.165) is 6.42 Å². The highest BCUT2D eigenvalue weighted by Crippen LogP contribution is 2.20. The fourth-order valence-corrected chi connectivity index (χ4v) is 2.23. The summed E-state index contributed by atoms with van der Waals surface area (Å²) in [5.41, 5.74) is 3.20. The predicted octanol–water partition coefficient (Wildman–Crippen LogP) is 2.11. The van der Waals surface area contributed by atoms with E-state index in [1.165, 1.54) is 16.7 Å². The van der Waals surface area contributed by atoms with E-state index in [9.17, 15) is 5.11 Å². The minimum Gasteiger partial charge on any atom is -0.386 e. The van der Waals surface area contributed by atoms with E-state index in [4.69, 9.17) is 4.74 Å². The second kappa shape index (κ2) is 5.39. The van der Waals surface area contributed by atoms with Gasteiger partial charge in [-0.05, 0) is 37.5 Å². The smallest absolute Gasteiger partial charge is 0.103 e. The van der Waals surface area contributed by atoms with Crippen molar-refractivity contribution in [2.75, 3.05) is 19.8 Å². The highest BCUT2D eigenvalue weighted by atomic mass is 16.5. The molecule has 1 fully saturated rings. The Balaban J connectivity index is 1.94. The molecule has 0 amide bonds. The molecule has 3 heteroatoms. The molecular weight excluding hydrogens is 226 g/mol. The van der Waals surface area contributed by atoms with Gasteiger partial charge in [0, 0.05) is 25.6 Å². The van der Waals surface area contributed by atoms with Gasteiger partial charge < -0.3 is 15.2 Å². The van der Waals surface area contributed by atoms with Crippen molar-refractivity contribution in [1.82, 2.24) is 5.32 Å². The number of hydrogen-bond acceptors (Lipinski definition) is 3. The summed E-state index contributed by atoms with van der Waals surface area (Å²) in [7, 11) is 0. The van der Waals surface area contributed by atoms with Crippen molar-refractivity contribution in [3.63, 3.8) is 0 Å². The van der Waals surface area contributed by atoms with Crippen LogP contribution in [0.25, 0.3) is 0 Å². The first-order chi connectivity index (χ1) is 8.50. The lowest BCUT2D eigenvalue weighted by Crippen LogP contribution is -2.41. The number of aryl methyl sites for hydroxylation is 2. The molecule has 18 heavy (non-hydrogen) atoms. The van der Waals surface area contributed by atoms with E-state index in [0.29, 0.717) is 19.8 Å². The number of benzene rings is 1. The maximum absolute atomic E-state index is 10.2. The van der Waals surface area contributed by atoms with E-state index in [1.807, 2.05) is 0 Å². The van der Waals surface area contributed by atoms with Gasteiger partial charge in [0.15, 0.2) is 0 Å². The lowest BCUT2D eigenvalue weighted by molar-refractivity contribution is 0.0252. The molecule has 1 saturated heterocycles. The maximum atomic E-state index is 10.2. The summed E-state index contributed by atoms with van der Waals surface area (Å²) in [6, 6.07) is 6.75. The van der Waals surface area contributed by atoms with Gasteiger partial charge >= 0.3 is 0 Å². The highest BCUT2D eigenvalue weighted by molar-refractivity contribution is 5.31. The van der Waals surface area contributed by atoms with Crippen LogP contribution in [0.15, 0.2) is 18.2 Å². The molecule has 0 bridgehead atoms. The van der Waals surface area contributed by atoms with Crippen LogP contribution in [0.3, 0.4) is 0 Å². The summed E-state index contributed by atoms with van der Waals surface area (Å²) >= 11 is 0. The van der Waals surface area contributed by atoms with Crippen molar-refractivity contribution < 1.29 is 9.84 Å².